The summed E-state index contributed by atoms with van der Waals surface area (Å²) >= 11 is 1.43. The fraction of sp³-hybridized carbons (Fsp3) is 0.364. The molecule has 1 N–H and O–H groups in total. The Bertz CT molecular complexity index is 1130. The van der Waals surface area contributed by atoms with Crippen molar-refractivity contribution < 1.29 is 17.9 Å². The maximum absolute atomic E-state index is 13.0. The van der Waals surface area contributed by atoms with E-state index in [2.05, 4.69) is 10.3 Å². The number of thioether (sulfide) groups is 1. The Morgan fingerprint density at radius 2 is 1.90 bits per heavy atom. The van der Waals surface area contributed by atoms with Gasteiger partial charge in [0.05, 0.1) is 24.7 Å². The lowest BCUT2D eigenvalue weighted by atomic mass is 10.1. The van der Waals surface area contributed by atoms with Crippen LogP contribution in [-0.4, -0.2) is 55.9 Å². The molecule has 7 nitrogen and oxygen atoms in total. The topological polar surface area (TPSA) is 88.1 Å². The number of para-hydroxylation sites is 1. The molecular weight excluding hydrogens is 434 g/mol. The molecular formula is C22H25N3O4S2. The zero-order chi connectivity index (χ0) is 22.2. The van der Waals surface area contributed by atoms with Crippen LogP contribution in [-0.2, 0) is 14.6 Å². The smallest absolute Gasteiger partial charge is 0.244 e. The Kier molecular flexibility index (Phi) is 5.98. The van der Waals surface area contributed by atoms with Gasteiger partial charge in [0, 0.05) is 22.7 Å². The second kappa shape index (κ2) is 8.55. The Labute approximate surface area is 186 Å². The van der Waals surface area contributed by atoms with Crippen molar-refractivity contribution in [1.29, 1.82) is 0 Å². The standard InChI is InChI=1S/C22H25N3O4S2/c1-14-6-4-7-15(2)21(14)24-20(26)11-25(16-8-5-9-17(10-16)29-3)22-23-18-12-31(27,28)13-19(18)30-22/h4-10,18-19H,11-13H2,1-3H3,(H,24,26). The molecule has 4 rings (SSSR count). The molecule has 164 valence electrons. The minimum Gasteiger partial charge on any atom is -0.497 e. The van der Waals surface area contributed by atoms with Crippen molar-refractivity contribution in [1.82, 2.24) is 0 Å². The number of benzene rings is 2. The number of methoxy groups -OCH3 is 1. The molecule has 2 atom stereocenters. The van der Waals surface area contributed by atoms with Crippen molar-refractivity contribution in [3.63, 3.8) is 0 Å². The number of aliphatic imine (C=N–C) groups is 1. The number of amidine groups is 1. The minimum atomic E-state index is -3.05. The third-order valence-electron chi connectivity index (χ3n) is 5.45. The normalized spacial score (nSPS) is 21.3. The van der Waals surface area contributed by atoms with E-state index in [9.17, 15) is 13.2 Å². The van der Waals surface area contributed by atoms with E-state index < -0.39 is 9.84 Å². The van der Waals surface area contributed by atoms with Gasteiger partial charge in [0.2, 0.25) is 5.91 Å². The van der Waals surface area contributed by atoms with E-state index >= 15 is 0 Å². The van der Waals surface area contributed by atoms with Crippen LogP contribution >= 0.6 is 11.8 Å². The SMILES string of the molecule is COc1cccc(N(CC(=O)Nc2c(C)cccc2C)C2=NC3CS(=O)(=O)CC3S2)c1. The Balaban J connectivity index is 1.61. The highest BCUT2D eigenvalue weighted by molar-refractivity contribution is 8.15. The van der Waals surface area contributed by atoms with Crippen molar-refractivity contribution in [3.8, 4) is 5.75 Å². The Morgan fingerprint density at radius 1 is 1.19 bits per heavy atom. The summed E-state index contributed by atoms with van der Waals surface area (Å²) in [5, 5.41) is 3.58. The van der Waals surface area contributed by atoms with Crippen LogP contribution in [0.1, 0.15) is 11.1 Å². The second-order valence-electron chi connectivity index (χ2n) is 7.81. The number of aryl methyl sites for hydroxylation is 2. The molecule has 2 aromatic carbocycles. The van der Waals surface area contributed by atoms with Crippen LogP contribution in [0.15, 0.2) is 47.5 Å². The predicted molar refractivity (Wildman–Crippen MR) is 126 cm³/mol. The maximum Gasteiger partial charge on any atom is 0.244 e. The van der Waals surface area contributed by atoms with Gasteiger partial charge < -0.3 is 15.0 Å². The van der Waals surface area contributed by atoms with Crippen LogP contribution in [0.25, 0.3) is 0 Å². The molecule has 2 heterocycles. The highest BCUT2D eigenvalue weighted by Gasteiger charge is 2.44. The van der Waals surface area contributed by atoms with Crippen molar-refractivity contribution in [2.75, 3.05) is 35.4 Å². The average Bonchev–Trinajstić information content (AvgIpc) is 3.22. The molecule has 0 aromatic heterocycles. The first-order valence-corrected chi connectivity index (χ1v) is 12.7. The lowest BCUT2D eigenvalue weighted by Crippen LogP contribution is -2.37. The number of ether oxygens (including phenoxy) is 1. The summed E-state index contributed by atoms with van der Waals surface area (Å²) in [5.41, 5.74) is 3.56. The summed E-state index contributed by atoms with van der Waals surface area (Å²) in [6.45, 7) is 3.97. The second-order valence-corrected chi connectivity index (χ2v) is 11.2. The number of hydrogen-bond acceptors (Lipinski definition) is 7. The van der Waals surface area contributed by atoms with Gasteiger partial charge in [-0.3, -0.25) is 9.79 Å². The fourth-order valence-electron chi connectivity index (χ4n) is 3.85. The van der Waals surface area contributed by atoms with Crippen LogP contribution in [0.2, 0.25) is 0 Å². The van der Waals surface area contributed by atoms with Gasteiger partial charge in [0.15, 0.2) is 15.0 Å². The molecule has 1 saturated heterocycles. The molecule has 31 heavy (non-hydrogen) atoms. The summed E-state index contributed by atoms with van der Waals surface area (Å²) < 4.78 is 29.2. The quantitative estimate of drug-likeness (QED) is 0.740. The average molecular weight is 460 g/mol. The third-order valence-corrected chi connectivity index (χ3v) is 8.70. The molecule has 0 bridgehead atoms. The molecule has 2 aliphatic heterocycles. The highest BCUT2D eigenvalue weighted by Crippen LogP contribution is 2.37. The van der Waals surface area contributed by atoms with E-state index in [1.807, 2.05) is 61.2 Å². The molecule has 2 unspecified atom stereocenters. The van der Waals surface area contributed by atoms with Crippen LogP contribution in [0.4, 0.5) is 11.4 Å². The maximum atomic E-state index is 13.0. The van der Waals surface area contributed by atoms with Gasteiger partial charge in [0.25, 0.3) is 0 Å². The molecule has 2 aromatic rings. The molecule has 2 aliphatic rings. The number of nitrogens with one attached hydrogen (secondary N) is 1. The summed E-state index contributed by atoms with van der Waals surface area (Å²) in [5.74, 6) is 0.683. The van der Waals surface area contributed by atoms with Crippen LogP contribution in [0, 0.1) is 13.8 Å². The number of carbonyl (C=O) groups excluding carboxylic acids is 1. The zero-order valence-corrected chi connectivity index (χ0v) is 19.3. The number of sulfone groups is 1. The summed E-state index contributed by atoms with van der Waals surface area (Å²) in [7, 11) is -1.46. The van der Waals surface area contributed by atoms with Crippen molar-refractivity contribution in [2.45, 2.75) is 25.1 Å². The zero-order valence-electron chi connectivity index (χ0n) is 17.7. The van der Waals surface area contributed by atoms with E-state index in [-0.39, 0.29) is 35.2 Å². The number of rotatable bonds is 5. The number of anilines is 2. The molecule has 0 spiro atoms. The number of hydrogen-bond donors (Lipinski definition) is 1. The predicted octanol–water partition coefficient (Wildman–Crippen LogP) is 3.03. The van der Waals surface area contributed by atoms with E-state index in [0.29, 0.717) is 10.9 Å². The number of carbonyl (C=O) groups is 1. The van der Waals surface area contributed by atoms with E-state index in [1.165, 1.54) is 11.8 Å². The molecule has 0 aliphatic carbocycles. The summed E-state index contributed by atoms with van der Waals surface area (Å²) in [6, 6.07) is 13.0. The fourth-order valence-corrected chi connectivity index (χ4v) is 7.63. The highest BCUT2D eigenvalue weighted by atomic mass is 32.2. The van der Waals surface area contributed by atoms with Crippen LogP contribution in [0.5, 0.6) is 5.75 Å². The summed E-state index contributed by atoms with van der Waals surface area (Å²) in [4.78, 5) is 19.5. The number of nitrogens with zero attached hydrogens (tertiary/aromatic N) is 2. The third kappa shape index (κ3) is 4.72. The van der Waals surface area contributed by atoms with Crippen molar-refractivity contribution in [2.24, 2.45) is 4.99 Å². The Hall–Kier alpha value is -2.52. The van der Waals surface area contributed by atoms with Gasteiger partial charge >= 0.3 is 0 Å². The van der Waals surface area contributed by atoms with Gasteiger partial charge in [-0.05, 0) is 37.1 Å². The summed E-state index contributed by atoms with van der Waals surface area (Å²) in [6.07, 6.45) is 0. The van der Waals surface area contributed by atoms with E-state index in [1.54, 1.807) is 7.11 Å². The van der Waals surface area contributed by atoms with Gasteiger partial charge in [-0.15, -0.1) is 0 Å². The van der Waals surface area contributed by atoms with Gasteiger partial charge in [-0.1, -0.05) is 36.0 Å². The lowest BCUT2D eigenvalue weighted by molar-refractivity contribution is -0.114. The molecule has 0 radical (unpaired) electrons. The molecule has 1 fully saturated rings. The Morgan fingerprint density at radius 3 is 2.58 bits per heavy atom. The van der Waals surface area contributed by atoms with Gasteiger partial charge in [-0.2, -0.15) is 0 Å². The largest absolute Gasteiger partial charge is 0.497 e. The van der Waals surface area contributed by atoms with Crippen molar-refractivity contribution >= 4 is 44.0 Å². The molecule has 1 amide bonds. The monoisotopic (exact) mass is 459 g/mol. The molecule has 9 heteroatoms. The van der Waals surface area contributed by atoms with Gasteiger partial charge in [0.1, 0.15) is 12.3 Å². The van der Waals surface area contributed by atoms with E-state index in [4.69, 9.17) is 4.74 Å². The lowest BCUT2D eigenvalue weighted by Gasteiger charge is -2.25. The van der Waals surface area contributed by atoms with Crippen LogP contribution in [0.3, 0.4) is 0 Å². The first-order valence-electron chi connectivity index (χ1n) is 9.98. The van der Waals surface area contributed by atoms with Gasteiger partial charge in [-0.25, -0.2) is 8.42 Å². The van der Waals surface area contributed by atoms with Crippen LogP contribution < -0.4 is 15.0 Å². The number of fused-ring (bicyclic) bond motifs is 1. The number of amides is 1. The first-order chi connectivity index (χ1) is 14.8. The van der Waals surface area contributed by atoms with E-state index in [0.717, 1.165) is 22.5 Å². The van der Waals surface area contributed by atoms with Crippen molar-refractivity contribution in [3.05, 3.63) is 53.6 Å². The first kappa shape index (κ1) is 21.7. The molecule has 0 saturated carbocycles. The minimum absolute atomic E-state index is 0.0545.